The molecule has 0 saturated carbocycles. The number of halogens is 2. The lowest BCUT2D eigenvalue weighted by Gasteiger charge is -2.25. The van der Waals surface area contributed by atoms with E-state index in [1.165, 1.54) is 12.1 Å². The van der Waals surface area contributed by atoms with Crippen molar-refractivity contribution in [2.45, 2.75) is 19.4 Å². The number of nitrogens with zero attached hydrogens (tertiary/aromatic N) is 1. The molecule has 2 N–H and O–H groups in total. The van der Waals surface area contributed by atoms with Crippen LogP contribution in [0.25, 0.3) is 11.3 Å². The Morgan fingerprint density at radius 1 is 1.29 bits per heavy atom. The zero-order valence-electron chi connectivity index (χ0n) is 11.5. The lowest BCUT2D eigenvalue weighted by Crippen LogP contribution is -2.40. The van der Waals surface area contributed by atoms with Crippen LogP contribution in [0.5, 0.6) is 0 Å². The zero-order chi connectivity index (χ0) is 15.6. The molecule has 6 heteroatoms. The minimum Gasteiger partial charge on any atom is -0.465 e. The summed E-state index contributed by atoms with van der Waals surface area (Å²) in [5, 5.41) is 11.6. The molecule has 0 fully saturated rings. The minimum absolute atomic E-state index is 0.243. The quantitative estimate of drug-likeness (QED) is 0.841. The Morgan fingerprint density at radius 3 is 2.48 bits per heavy atom. The Balaban J connectivity index is 2.46. The van der Waals surface area contributed by atoms with Gasteiger partial charge in [0.05, 0.1) is 11.2 Å². The second-order valence-corrected chi connectivity index (χ2v) is 5.51. The Bertz CT molecular complexity index is 672. The number of nitrogens with one attached hydrogen (secondary N) is 1. The highest BCUT2D eigenvalue weighted by atomic mass is 35.5. The highest BCUT2D eigenvalue weighted by Gasteiger charge is 2.24. The van der Waals surface area contributed by atoms with Crippen LogP contribution in [-0.4, -0.2) is 16.2 Å². The maximum atomic E-state index is 13.0. The van der Waals surface area contributed by atoms with Crippen molar-refractivity contribution >= 4 is 17.7 Å². The Morgan fingerprint density at radius 2 is 1.90 bits per heavy atom. The van der Waals surface area contributed by atoms with Gasteiger partial charge in [0.1, 0.15) is 11.0 Å². The summed E-state index contributed by atoms with van der Waals surface area (Å²) in [5.74, 6) is -0.339. The molecule has 0 spiro atoms. The van der Waals surface area contributed by atoms with Gasteiger partial charge in [0.2, 0.25) is 0 Å². The van der Waals surface area contributed by atoms with E-state index in [2.05, 4.69) is 10.3 Å². The van der Waals surface area contributed by atoms with Crippen molar-refractivity contribution in [3.05, 3.63) is 52.9 Å². The molecule has 21 heavy (non-hydrogen) atoms. The van der Waals surface area contributed by atoms with Gasteiger partial charge in [-0.05, 0) is 55.8 Å². The van der Waals surface area contributed by atoms with E-state index in [9.17, 15) is 9.18 Å². The van der Waals surface area contributed by atoms with Crippen LogP contribution in [0.1, 0.15) is 19.4 Å². The van der Waals surface area contributed by atoms with Gasteiger partial charge in [0.25, 0.3) is 0 Å². The first-order valence-electron chi connectivity index (χ1n) is 6.23. The van der Waals surface area contributed by atoms with Crippen molar-refractivity contribution in [2.75, 3.05) is 0 Å². The van der Waals surface area contributed by atoms with E-state index < -0.39 is 11.6 Å². The average Bonchev–Trinajstić information content (AvgIpc) is 2.37. The molecule has 0 saturated heterocycles. The van der Waals surface area contributed by atoms with Crippen LogP contribution in [0.15, 0.2) is 36.4 Å². The SMILES string of the molecule is CC(C)(NC(=O)O)c1cc(Cl)nc(-c2ccc(F)cc2)c1. The molecule has 0 unspecified atom stereocenters. The fourth-order valence-corrected chi connectivity index (χ4v) is 2.17. The van der Waals surface area contributed by atoms with Crippen LogP contribution < -0.4 is 5.32 Å². The summed E-state index contributed by atoms with van der Waals surface area (Å²) >= 11 is 6.01. The number of carboxylic acid groups (broad SMARTS) is 1. The highest BCUT2D eigenvalue weighted by molar-refractivity contribution is 6.29. The summed E-state index contributed by atoms with van der Waals surface area (Å²) in [7, 11) is 0. The van der Waals surface area contributed by atoms with Gasteiger partial charge in [-0.1, -0.05) is 11.6 Å². The van der Waals surface area contributed by atoms with Crippen molar-refractivity contribution in [1.29, 1.82) is 0 Å². The van der Waals surface area contributed by atoms with Crippen molar-refractivity contribution < 1.29 is 14.3 Å². The van der Waals surface area contributed by atoms with E-state index in [-0.39, 0.29) is 11.0 Å². The third-order valence-electron chi connectivity index (χ3n) is 3.08. The fourth-order valence-electron chi connectivity index (χ4n) is 1.97. The standard InChI is InChI=1S/C15H14ClFN2O2/c1-15(2,19-14(20)21)10-7-12(18-13(16)8-10)9-3-5-11(17)6-4-9/h3-8,19H,1-2H3,(H,20,21). The third kappa shape index (κ3) is 3.70. The molecule has 0 aliphatic rings. The number of aromatic nitrogens is 1. The predicted octanol–water partition coefficient (Wildman–Crippen LogP) is 4.04. The molecule has 2 aromatic rings. The van der Waals surface area contributed by atoms with Crippen LogP contribution >= 0.6 is 11.6 Å². The van der Waals surface area contributed by atoms with Crippen molar-refractivity contribution in [3.63, 3.8) is 0 Å². The number of carbonyl (C=O) groups is 1. The predicted molar refractivity (Wildman–Crippen MR) is 78.8 cm³/mol. The maximum Gasteiger partial charge on any atom is 0.405 e. The first-order valence-corrected chi connectivity index (χ1v) is 6.61. The topological polar surface area (TPSA) is 62.2 Å². The number of rotatable bonds is 3. The molecule has 0 aliphatic carbocycles. The van der Waals surface area contributed by atoms with Crippen molar-refractivity contribution in [3.8, 4) is 11.3 Å². The molecule has 1 heterocycles. The summed E-state index contributed by atoms with van der Waals surface area (Å²) in [6, 6.07) is 9.18. The number of hydrogen-bond acceptors (Lipinski definition) is 2. The largest absolute Gasteiger partial charge is 0.465 e. The second kappa shape index (κ2) is 5.69. The van der Waals surface area contributed by atoms with Gasteiger partial charge in [0.15, 0.2) is 0 Å². The Labute approximate surface area is 126 Å². The van der Waals surface area contributed by atoms with Gasteiger partial charge in [-0.3, -0.25) is 0 Å². The fraction of sp³-hybridized carbons (Fsp3) is 0.200. The van der Waals surface area contributed by atoms with Gasteiger partial charge in [-0.2, -0.15) is 0 Å². The first kappa shape index (κ1) is 15.3. The average molecular weight is 309 g/mol. The zero-order valence-corrected chi connectivity index (χ0v) is 12.3. The van der Waals surface area contributed by atoms with Crippen molar-refractivity contribution in [2.24, 2.45) is 0 Å². The normalized spacial score (nSPS) is 11.2. The summed E-state index contributed by atoms with van der Waals surface area (Å²) in [6.45, 7) is 3.45. The van der Waals surface area contributed by atoms with Gasteiger partial charge in [-0.15, -0.1) is 0 Å². The molecule has 0 atom stereocenters. The molecule has 1 aromatic heterocycles. The Kier molecular flexibility index (Phi) is 4.14. The number of hydrogen-bond donors (Lipinski definition) is 2. The monoisotopic (exact) mass is 308 g/mol. The van der Waals surface area contributed by atoms with E-state index in [4.69, 9.17) is 16.7 Å². The highest BCUT2D eigenvalue weighted by Crippen LogP contribution is 2.27. The third-order valence-corrected chi connectivity index (χ3v) is 3.27. The number of amides is 1. The molecule has 0 radical (unpaired) electrons. The van der Waals surface area contributed by atoms with E-state index >= 15 is 0 Å². The summed E-state index contributed by atoms with van der Waals surface area (Å²) in [4.78, 5) is 15.1. The minimum atomic E-state index is -1.13. The first-order chi connectivity index (χ1) is 9.78. The summed E-state index contributed by atoms with van der Waals surface area (Å²) in [5.41, 5.74) is 1.10. The van der Waals surface area contributed by atoms with Crippen LogP contribution in [0, 0.1) is 5.82 Å². The molecule has 2 rings (SSSR count). The van der Waals surface area contributed by atoms with Gasteiger partial charge >= 0.3 is 6.09 Å². The van der Waals surface area contributed by atoms with Gasteiger partial charge in [0, 0.05) is 5.56 Å². The lowest BCUT2D eigenvalue weighted by atomic mass is 9.94. The molecule has 4 nitrogen and oxygen atoms in total. The van der Waals surface area contributed by atoms with Gasteiger partial charge < -0.3 is 10.4 Å². The van der Waals surface area contributed by atoms with Crippen LogP contribution in [-0.2, 0) is 5.54 Å². The van der Waals surface area contributed by atoms with Crippen LogP contribution in [0.3, 0.4) is 0 Å². The van der Waals surface area contributed by atoms with Gasteiger partial charge in [-0.25, -0.2) is 14.2 Å². The molecule has 1 aromatic carbocycles. The smallest absolute Gasteiger partial charge is 0.405 e. The summed E-state index contributed by atoms with van der Waals surface area (Å²) in [6.07, 6.45) is -1.13. The van der Waals surface area contributed by atoms with Crippen LogP contribution in [0.4, 0.5) is 9.18 Å². The van der Waals surface area contributed by atoms with E-state index in [0.717, 1.165) is 0 Å². The maximum absolute atomic E-state index is 13.0. The molecular formula is C15H14ClFN2O2. The second-order valence-electron chi connectivity index (χ2n) is 5.13. The number of pyridine rings is 1. The molecule has 0 aliphatic heterocycles. The molecule has 110 valence electrons. The van der Waals surface area contributed by atoms with E-state index in [0.29, 0.717) is 16.8 Å². The number of benzene rings is 1. The van der Waals surface area contributed by atoms with E-state index in [1.54, 1.807) is 38.1 Å². The van der Waals surface area contributed by atoms with E-state index in [1.807, 2.05) is 0 Å². The summed E-state index contributed by atoms with van der Waals surface area (Å²) < 4.78 is 13.0. The molecule has 1 amide bonds. The molecule has 0 bridgehead atoms. The van der Waals surface area contributed by atoms with Crippen LogP contribution in [0.2, 0.25) is 5.15 Å². The Hall–Kier alpha value is -2.14. The van der Waals surface area contributed by atoms with Crippen molar-refractivity contribution in [1.82, 2.24) is 10.3 Å². The molecular weight excluding hydrogens is 295 g/mol. The lowest BCUT2D eigenvalue weighted by molar-refractivity contribution is 0.182.